The van der Waals surface area contributed by atoms with Crippen LogP contribution < -0.4 is 5.32 Å². The van der Waals surface area contributed by atoms with Crippen LogP contribution in [0.3, 0.4) is 0 Å². The van der Waals surface area contributed by atoms with E-state index in [-0.39, 0.29) is 17.1 Å². The van der Waals surface area contributed by atoms with Gasteiger partial charge in [0.05, 0.1) is 10.6 Å². The van der Waals surface area contributed by atoms with Crippen molar-refractivity contribution in [1.29, 1.82) is 0 Å². The van der Waals surface area contributed by atoms with Crippen LogP contribution in [0.1, 0.15) is 19.3 Å². The molecule has 0 radical (unpaired) electrons. The summed E-state index contributed by atoms with van der Waals surface area (Å²) in [5.41, 5.74) is -1.08. The normalized spacial score (nSPS) is 23.4. The van der Waals surface area contributed by atoms with Gasteiger partial charge in [-0.2, -0.15) is 0 Å². The first-order valence-corrected chi connectivity index (χ1v) is 7.88. The molecule has 104 valence electrons. The van der Waals surface area contributed by atoms with E-state index in [2.05, 4.69) is 5.32 Å². The summed E-state index contributed by atoms with van der Waals surface area (Å²) in [5.74, 6) is -1.12. The second-order valence-electron chi connectivity index (χ2n) is 4.80. The van der Waals surface area contributed by atoms with Crippen molar-refractivity contribution in [2.45, 2.75) is 29.7 Å². The van der Waals surface area contributed by atoms with Gasteiger partial charge in [-0.05, 0) is 37.9 Å². The maximum atomic E-state index is 12.1. The number of carboxylic acids is 1. The predicted molar refractivity (Wildman–Crippen MR) is 70.7 cm³/mol. The van der Waals surface area contributed by atoms with Gasteiger partial charge in [0.25, 0.3) is 0 Å². The molecule has 1 unspecified atom stereocenters. The smallest absolute Gasteiger partial charge is 0.323 e. The molecule has 1 aliphatic rings. The fourth-order valence-corrected chi connectivity index (χ4v) is 3.79. The minimum atomic E-state index is -3.42. The lowest BCUT2D eigenvalue weighted by atomic mass is 9.95. The van der Waals surface area contributed by atoms with Gasteiger partial charge in [-0.3, -0.25) is 4.79 Å². The molecule has 0 spiro atoms. The summed E-state index contributed by atoms with van der Waals surface area (Å²) in [7, 11) is -3.42. The van der Waals surface area contributed by atoms with E-state index in [0.717, 1.165) is 6.42 Å². The summed E-state index contributed by atoms with van der Waals surface area (Å²) in [6.07, 6.45) is 1.34. The van der Waals surface area contributed by atoms with Gasteiger partial charge in [0.1, 0.15) is 5.54 Å². The van der Waals surface area contributed by atoms with Crippen molar-refractivity contribution in [1.82, 2.24) is 5.32 Å². The van der Waals surface area contributed by atoms with Crippen LogP contribution in [0.2, 0.25) is 0 Å². The molecule has 1 atom stereocenters. The Balaban J connectivity index is 2.12. The van der Waals surface area contributed by atoms with Gasteiger partial charge in [-0.1, -0.05) is 18.2 Å². The van der Waals surface area contributed by atoms with Gasteiger partial charge < -0.3 is 10.4 Å². The van der Waals surface area contributed by atoms with E-state index in [1.54, 1.807) is 18.2 Å². The molecule has 0 aliphatic carbocycles. The van der Waals surface area contributed by atoms with Crippen molar-refractivity contribution >= 4 is 15.8 Å². The zero-order valence-corrected chi connectivity index (χ0v) is 11.3. The molecule has 0 aromatic heterocycles. The topological polar surface area (TPSA) is 83.5 Å². The third-order valence-electron chi connectivity index (χ3n) is 3.55. The molecule has 1 aromatic rings. The van der Waals surface area contributed by atoms with Crippen molar-refractivity contribution in [3.05, 3.63) is 30.3 Å². The minimum Gasteiger partial charge on any atom is -0.480 e. The van der Waals surface area contributed by atoms with Crippen LogP contribution in [0.5, 0.6) is 0 Å². The highest BCUT2D eigenvalue weighted by atomic mass is 32.2. The van der Waals surface area contributed by atoms with Gasteiger partial charge in [0, 0.05) is 0 Å². The Kier molecular flexibility index (Phi) is 3.91. The van der Waals surface area contributed by atoms with Crippen LogP contribution in [0, 0.1) is 0 Å². The van der Waals surface area contributed by atoms with Gasteiger partial charge in [-0.15, -0.1) is 0 Å². The number of aliphatic carboxylic acids is 1. The number of rotatable bonds is 5. The van der Waals surface area contributed by atoms with Gasteiger partial charge in [0.2, 0.25) is 0 Å². The Morgan fingerprint density at radius 3 is 2.53 bits per heavy atom. The van der Waals surface area contributed by atoms with E-state index < -0.39 is 21.3 Å². The molecule has 19 heavy (non-hydrogen) atoms. The lowest BCUT2D eigenvalue weighted by molar-refractivity contribution is -0.144. The summed E-state index contributed by atoms with van der Waals surface area (Å²) in [6, 6.07) is 8.13. The Bertz CT molecular complexity index is 547. The number of benzene rings is 1. The zero-order valence-electron chi connectivity index (χ0n) is 10.5. The zero-order chi connectivity index (χ0) is 13.9. The molecule has 6 heteroatoms. The van der Waals surface area contributed by atoms with Gasteiger partial charge in [0.15, 0.2) is 9.84 Å². The Morgan fingerprint density at radius 2 is 2.00 bits per heavy atom. The van der Waals surface area contributed by atoms with E-state index in [4.69, 9.17) is 0 Å². The second kappa shape index (κ2) is 5.30. The quantitative estimate of drug-likeness (QED) is 0.844. The summed E-state index contributed by atoms with van der Waals surface area (Å²) >= 11 is 0. The Hall–Kier alpha value is -1.40. The van der Waals surface area contributed by atoms with Crippen molar-refractivity contribution in [3.8, 4) is 0 Å². The standard InChI is InChI=1S/C13H17NO4S/c15-12(16)13(7-4-9-14-13)8-10-19(17,18)11-5-2-1-3-6-11/h1-3,5-6,14H,4,7-10H2,(H,15,16). The number of carboxylic acid groups (broad SMARTS) is 1. The van der Waals surface area contributed by atoms with E-state index in [1.807, 2.05) is 0 Å². The minimum absolute atomic E-state index is 0.0968. The highest BCUT2D eigenvalue weighted by molar-refractivity contribution is 7.91. The summed E-state index contributed by atoms with van der Waals surface area (Å²) in [4.78, 5) is 11.6. The van der Waals surface area contributed by atoms with Crippen molar-refractivity contribution in [3.63, 3.8) is 0 Å². The van der Waals surface area contributed by atoms with Crippen LogP contribution in [-0.4, -0.2) is 37.3 Å². The maximum absolute atomic E-state index is 12.1. The third-order valence-corrected chi connectivity index (χ3v) is 5.28. The number of hydrogen-bond acceptors (Lipinski definition) is 4. The summed E-state index contributed by atoms with van der Waals surface area (Å²) in [6.45, 7) is 0.623. The molecular formula is C13H17NO4S. The van der Waals surface area contributed by atoms with Gasteiger partial charge in [-0.25, -0.2) is 8.42 Å². The molecule has 1 heterocycles. The molecule has 0 amide bonds. The largest absolute Gasteiger partial charge is 0.480 e. The molecule has 1 fully saturated rings. The highest BCUT2D eigenvalue weighted by Gasteiger charge is 2.41. The summed E-state index contributed by atoms with van der Waals surface area (Å²) < 4.78 is 24.3. The van der Waals surface area contributed by atoms with E-state index in [0.29, 0.717) is 13.0 Å². The third kappa shape index (κ3) is 2.96. The van der Waals surface area contributed by atoms with Crippen LogP contribution in [0.4, 0.5) is 0 Å². The lowest BCUT2D eigenvalue weighted by Gasteiger charge is -2.24. The Morgan fingerprint density at radius 1 is 1.32 bits per heavy atom. The number of nitrogens with one attached hydrogen (secondary N) is 1. The van der Waals surface area contributed by atoms with Crippen molar-refractivity contribution < 1.29 is 18.3 Å². The fourth-order valence-electron chi connectivity index (χ4n) is 2.36. The van der Waals surface area contributed by atoms with Gasteiger partial charge >= 0.3 is 5.97 Å². The predicted octanol–water partition coefficient (Wildman–Crippen LogP) is 1.06. The van der Waals surface area contributed by atoms with E-state index >= 15 is 0 Å². The highest BCUT2D eigenvalue weighted by Crippen LogP contribution is 2.25. The van der Waals surface area contributed by atoms with E-state index in [1.165, 1.54) is 12.1 Å². The van der Waals surface area contributed by atoms with E-state index in [9.17, 15) is 18.3 Å². The number of hydrogen-bond donors (Lipinski definition) is 2. The molecule has 5 nitrogen and oxygen atoms in total. The average molecular weight is 283 g/mol. The molecule has 2 N–H and O–H groups in total. The maximum Gasteiger partial charge on any atom is 0.323 e. The number of carbonyl (C=O) groups is 1. The van der Waals surface area contributed by atoms with Crippen molar-refractivity contribution in [2.75, 3.05) is 12.3 Å². The fraction of sp³-hybridized carbons (Fsp3) is 0.462. The second-order valence-corrected chi connectivity index (χ2v) is 6.91. The first kappa shape index (κ1) is 14.0. The summed E-state index contributed by atoms with van der Waals surface area (Å²) in [5, 5.41) is 12.2. The van der Waals surface area contributed by atoms with Crippen LogP contribution >= 0.6 is 0 Å². The molecule has 1 saturated heterocycles. The SMILES string of the molecule is O=C(O)C1(CCS(=O)(=O)c2ccccc2)CCCN1. The first-order valence-electron chi connectivity index (χ1n) is 6.23. The number of sulfone groups is 1. The van der Waals surface area contributed by atoms with Crippen molar-refractivity contribution in [2.24, 2.45) is 0 Å². The molecular weight excluding hydrogens is 266 g/mol. The molecule has 1 aromatic carbocycles. The molecule has 2 rings (SSSR count). The Labute approximate surface area is 112 Å². The molecule has 0 saturated carbocycles. The lowest BCUT2D eigenvalue weighted by Crippen LogP contribution is -2.48. The molecule has 0 bridgehead atoms. The van der Waals surface area contributed by atoms with Crippen LogP contribution in [0.25, 0.3) is 0 Å². The first-order chi connectivity index (χ1) is 8.96. The van der Waals surface area contributed by atoms with Crippen LogP contribution in [-0.2, 0) is 14.6 Å². The monoisotopic (exact) mass is 283 g/mol. The average Bonchev–Trinajstić information content (AvgIpc) is 2.88. The molecule has 1 aliphatic heterocycles. The van der Waals surface area contributed by atoms with Crippen LogP contribution in [0.15, 0.2) is 35.2 Å².